The highest BCUT2D eigenvalue weighted by atomic mass is 35.5. The van der Waals surface area contributed by atoms with Crippen molar-refractivity contribution >= 4 is 23.2 Å². The van der Waals surface area contributed by atoms with E-state index in [1.165, 1.54) is 12.8 Å². The predicted molar refractivity (Wildman–Crippen MR) is 78.2 cm³/mol. The molecule has 20 heavy (non-hydrogen) atoms. The number of hydrogen-bond donors (Lipinski definition) is 2. The molecular formula is C14H18ClN3O2. The second-order valence-electron chi connectivity index (χ2n) is 5.40. The summed E-state index contributed by atoms with van der Waals surface area (Å²) in [7, 11) is 2.10. The largest absolute Gasteiger partial charge is 0.491 e. The topological polar surface area (TPSA) is 67.6 Å². The summed E-state index contributed by atoms with van der Waals surface area (Å²) in [6.07, 6.45) is 2.56. The summed E-state index contributed by atoms with van der Waals surface area (Å²) in [4.78, 5) is 13.8. The summed E-state index contributed by atoms with van der Waals surface area (Å²) in [5, 5.41) is 3.22. The van der Waals surface area contributed by atoms with E-state index in [0.29, 0.717) is 29.1 Å². The van der Waals surface area contributed by atoms with Crippen molar-refractivity contribution in [1.82, 2.24) is 4.90 Å². The molecule has 1 fully saturated rings. The van der Waals surface area contributed by atoms with E-state index in [9.17, 15) is 4.79 Å². The lowest BCUT2D eigenvalue weighted by atomic mass is 10.1. The molecular weight excluding hydrogens is 278 g/mol. The van der Waals surface area contributed by atoms with Crippen LogP contribution in [-0.2, 0) is 4.79 Å². The van der Waals surface area contributed by atoms with Gasteiger partial charge in [-0.1, -0.05) is 11.6 Å². The molecule has 0 bridgehead atoms. The van der Waals surface area contributed by atoms with Gasteiger partial charge in [0, 0.05) is 29.9 Å². The molecule has 1 aromatic carbocycles. The van der Waals surface area contributed by atoms with E-state index in [2.05, 4.69) is 17.3 Å². The van der Waals surface area contributed by atoms with Crippen LogP contribution in [0.5, 0.6) is 5.75 Å². The molecule has 1 aliphatic heterocycles. The summed E-state index contributed by atoms with van der Waals surface area (Å²) in [5.41, 5.74) is 7.19. The van der Waals surface area contributed by atoms with Gasteiger partial charge in [0.1, 0.15) is 18.4 Å². The Hall–Kier alpha value is -1.30. The Labute approximate surface area is 123 Å². The molecule has 1 saturated carbocycles. The number of carbonyl (C=O) groups is 1. The number of nitrogens with two attached hydrogens (primary N) is 1. The summed E-state index contributed by atoms with van der Waals surface area (Å²) >= 11 is 6.18. The Morgan fingerprint density at radius 2 is 2.25 bits per heavy atom. The SMILES string of the molecule is CN(CCOc1cc2c(cc1Cl)C(N)C(=O)N2)C1CC1. The van der Waals surface area contributed by atoms with Crippen LogP contribution in [0.25, 0.3) is 0 Å². The lowest BCUT2D eigenvalue weighted by molar-refractivity contribution is -0.116. The van der Waals surface area contributed by atoms with E-state index in [0.717, 1.165) is 12.1 Å². The number of benzene rings is 1. The number of rotatable bonds is 5. The molecule has 1 aliphatic carbocycles. The van der Waals surface area contributed by atoms with Crippen LogP contribution in [0.3, 0.4) is 0 Å². The van der Waals surface area contributed by atoms with Crippen molar-refractivity contribution in [2.24, 2.45) is 5.73 Å². The molecule has 0 aromatic heterocycles. The number of ether oxygens (including phenoxy) is 1. The number of likely N-dealkylation sites (N-methyl/N-ethyl adjacent to an activating group) is 1. The number of anilines is 1. The zero-order valence-electron chi connectivity index (χ0n) is 11.4. The molecule has 1 unspecified atom stereocenters. The van der Waals surface area contributed by atoms with Crippen LogP contribution in [0.15, 0.2) is 12.1 Å². The van der Waals surface area contributed by atoms with Crippen LogP contribution < -0.4 is 15.8 Å². The maximum Gasteiger partial charge on any atom is 0.245 e. The Morgan fingerprint density at radius 3 is 2.95 bits per heavy atom. The molecule has 6 heteroatoms. The molecule has 5 nitrogen and oxygen atoms in total. The third-order valence-electron chi connectivity index (χ3n) is 3.85. The second kappa shape index (κ2) is 5.24. The number of carbonyl (C=O) groups excluding carboxylic acids is 1. The summed E-state index contributed by atoms with van der Waals surface area (Å²) in [6, 6.07) is 3.53. The number of hydrogen-bond acceptors (Lipinski definition) is 4. The molecule has 1 amide bonds. The number of fused-ring (bicyclic) bond motifs is 1. The maximum atomic E-state index is 11.5. The molecule has 108 valence electrons. The number of halogens is 1. The lowest BCUT2D eigenvalue weighted by Gasteiger charge is -2.16. The third kappa shape index (κ3) is 2.61. The van der Waals surface area contributed by atoms with Crippen LogP contribution in [0, 0.1) is 0 Å². The fourth-order valence-corrected chi connectivity index (χ4v) is 2.62. The van der Waals surface area contributed by atoms with Gasteiger partial charge in [0.15, 0.2) is 0 Å². The van der Waals surface area contributed by atoms with Crippen molar-refractivity contribution in [3.8, 4) is 5.75 Å². The quantitative estimate of drug-likeness (QED) is 0.869. The first kappa shape index (κ1) is 13.7. The first-order valence-electron chi connectivity index (χ1n) is 6.79. The van der Waals surface area contributed by atoms with E-state index in [4.69, 9.17) is 22.1 Å². The van der Waals surface area contributed by atoms with Gasteiger partial charge in [0.25, 0.3) is 0 Å². The standard InChI is InChI=1S/C14H18ClN3O2/c1-18(8-2-3-8)4-5-20-12-7-11-9(6-10(12)15)13(16)14(19)17-11/h6-8,13H,2-5,16H2,1H3,(H,17,19). The van der Waals surface area contributed by atoms with Crippen molar-refractivity contribution in [3.63, 3.8) is 0 Å². The predicted octanol–water partition coefficient (Wildman–Crippen LogP) is 1.76. The number of nitrogens with one attached hydrogen (secondary N) is 1. The normalized spacial score (nSPS) is 21.0. The maximum absolute atomic E-state index is 11.5. The van der Waals surface area contributed by atoms with Gasteiger partial charge in [-0.3, -0.25) is 4.79 Å². The third-order valence-corrected chi connectivity index (χ3v) is 4.15. The molecule has 0 spiro atoms. The van der Waals surface area contributed by atoms with Gasteiger partial charge in [-0.05, 0) is 26.0 Å². The lowest BCUT2D eigenvalue weighted by Crippen LogP contribution is -2.26. The Balaban J connectivity index is 1.65. The minimum atomic E-state index is -0.641. The Bertz CT molecular complexity index is 545. The monoisotopic (exact) mass is 295 g/mol. The van der Waals surface area contributed by atoms with Crippen molar-refractivity contribution in [2.45, 2.75) is 24.9 Å². The van der Waals surface area contributed by atoms with Gasteiger partial charge in [-0.2, -0.15) is 0 Å². The van der Waals surface area contributed by atoms with Gasteiger partial charge >= 0.3 is 0 Å². The number of nitrogens with zero attached hydrogens (tertiary/aromatic N) is 1. The minimum absolute atomic E-state index is 0.207. The van der Waals surface area contributed by atoms with Crippen LogP contribution in [0.4, 0.5) is 5.69 Å². The zero-order valence-corrected chi connectivity index (χ0v) is 12.1. The van der Waals surface area contributed by atoms with E-state index >= 15 is 0 Å². The first-order chi connectivity index (χ1) is 9.56. The fraction of sp³-hybridized carbons (Fsp3) is 0.500. The van der Waals surface area contributed by atoms with Gasteiger partial charge in [0.05, 0.1) is 5.02 Å². The van der Waals surface area contributed by atoms with E-state index in [1.54, 1.807) is 12.1 Å². The van der Waals surface area contributed by atoms with Crippen molar-refractivity contribution in [3.05, 3.63) is 22.7 Å². The molecule has 1 aromatic rings. The number of amides is 1. The molecule has 3 N–H and O–H groups in total. The molecule has 0 saturated heterocycles. The van der Waals surface area contributed by atoms with E-state index < -0.39 is 6.04 Å². The van der Waals surface area contributed by atoms with Gasteiger partial charge in [0.2, 0.25) is 5.91 Å². The highest BCUT2D eigenvalue weighted by Crippen LogP contribution is 2.37. The van der Waals surface area contributed by atoms with Crippen LogP contribution in [0.2, 0.25) is 5.02 Å². The Kier molecular flexibility index (Phi) is 3.58. The molecule has 1 heterocycles. The fourth-order valence-electron chi connectivity index (χ4n) is 2.39. The minimum Gasteiger partial charge on any atom is -0.491 e. The van der Waals surface area contributed by atoms with Crippen molar-refractivity contribution < 1.29 is 9.53 Å². The smallest absolute Gasteiger partial charge is 0.245 e. The second-order valence-corrected chi connectivity index (χ2v) is 5.80. The van der Waals surface area contributed by atoms with E-state index in [-0.39, 0.29) is 5.91 Å². The van der Waals surface area contributed by atoms with Gasteiger partial charge < -0.3 is 20.7 Å². The zero-order chi connectivity index (χ0) is 14.3. The highest BCUT2D eigenvalue weighted by Gasteiger charge is 2.29. The van der Waals surface area contributed by atoms with Crippen LogP contribution >= 0.6 is 11.6 Å². The average Bonchev–Trinajstić information content (AvgIpc) is 3.21. The molecule has 3 rings (SSSR count). The molecule has 0 radical (unpaired) electrons. The average molecular weight is 296 g/mol. The first-order valence-corrected chi connectivity index (χ1v) is 7.17. The molecule has 2 aliphatic rings. The summed E-state index contributed by atoms with van der Waals surface area (Å²) in [5.74, 6) is 0.380. The van der Waals surface area contributed by atoms with Crippen LogP contribution in [0.1, 0.15) is 24.4 Å². The molecule has 1 atom stereocenters. The summed E-state index contributed by atoms with van der Waals surface area (Å²) < 4.78 is 5.72. The van der Waals surface area contributed by atoms with Crippen LogP contribution in [-0.4, -0.2) is 37.0 Å². The van der Waals surface area contributed by atoms with Gasteiger partial charge in [-0.25, -0.2) is 0 Å². The summed E-state index contributed by atoms with van der Waals surface area (Å²) in [6.45, 7) is 1.44. The van der Waals surface area contributed by atoms with E-state index in [1.807, 2.05) is 0 Å². The van der Waals surface area contributed by atoms with Crippen molar-refractivity contribution in [2.75, 3.05) is 25.5 Å². The highest BCUT2D eigenvalue weighted by molar-refractivity contribution is 6.32. The van der Waals surface area contributed by atoms with Crippen molar-refractivity contribution in [1.29, 1.82) is 0 Å². The van der Waals surface area contributed by atoms with Gasteiger partial charge in [-0.15, -0.1) is 0 Å². The Morgan fingerprint density at radius 1 is 1.50 bits per heavy atom.